The molecule has 1 aromatic carbocycles. The van der Waals surface area contributed by atoms with Crippen LogP contribution in [0.2, 0.25) is 0 Å². The normalized spacial score (nSPS) is 10.2. The van der Waals surface area contributed by atoms with Crippen LogP contribution in [0.1, 0.15) is 27.5 Å². The maximum atomic E-state index is 11.8. The molecule has 116 valence electrons. The second kappa shape index (κ2) is 8.26. The Balaban J connectivity index is 1.67. The molecule has 4 N–H and O–H groups in total. The predicted molar refractivity (Wildman–Crippen MR) is 85.2 cm³/mol. The van der Waals surface area contributed by atoms with Crippen LogP contribution in [-0.4, -0.2) is 23.3 Å². The van der Waals surface area contributed by atoms with Crippen LogP contribution in [0.25, 0.3) is 0 Å². The van der Waals surface area contributed by atoms with Crippen LogP contribution in [0.4, 0.5) is 0 Å². The summed E-state index contributed by atoms with van der Waals surface area (Å²) in [6.45, 7) is 1.08. The molecule has 0 radical (unpaired) electrons. The fourth-order valence-corrected chi connectivity index (χ4v) is 2.43. The predicted octanol–water partition coefficient (Wildman–Crippen LogP) is 1.04. The summed E-state index contributed by atoms with van der Waals surface area (Å²) < 4.78 is 0. The van der Waals surface area contributed by atoms with Gasteiger partial charge in [-0.1, -0.05) is 30.3 Å². The Morgan fingerprint density at radius 1 is 1.18 bits per heavy atom. The lowest BCUT2D eigenvalue weighted by Crippen LogP contribution is -2.30. The summed E-state index contributed by atoms with van der Waals surface area (Å²) in [6.07, 6.45) is 0.229. The Kier molecular flexibility index (Phi) is 6.05. The second-order valence-corrected chi connectivity index (χ2v) is 5.54. The van der Waals surface area contributed by atoms with E-state index in [0.717, 1.165) is 5.56 Å². The molecule has 0 aliphatic heterocycles. The van der Waals surface area contributed by atoms with Crippen molar-refractivity contribution in [2.75, 3.05) is 6.54 Å². The summed E-state index contributed by atoms with van der Waals surface area (Å²) in [5.74, 6) is -0.392. The van der Waals surface area contributed by atoms with Gasteiger partial charge < -0.3 is 16.4 Å². The molecule has 6 nitrogen and oxygen atoms in total. The number of nitrogens with two attached hydrogens (primary N) is 1. The van der Waals surface area contributed by atoms with E-state index in [1.807, 2.05) is 30.3 Å². The number of benzene rings is 1. The first-order valence-corrected chi connectivity index (χ1v) is 7.80. The molecule has 1 aromatic heterocycles. The number of rotatable bonds is 7. The minimum atomic E-state index is -0.285. The van der Waals surface area contributed by atoms with Gasteiger partial charge in [0.15, 0.2) is 0 Å². The zero-order chi connectivity index (χ0) is 15.8. The zero-order valence-corrected chi connectivity index (χ0v) is 12.9. The van der Waals surface area contributed by atoms with Crippen LogP contribution < -0.4 is 16.4 Å². The van der Waals surface area contributed by atoms with Gasteiger partial charge in [0.2, 0.25) is 5.91 Å². The first kappa shape index (κ1) is 16.1. The number of hydrogen-bond acceptors (Lipinski definition) is 5. The van der Waals surface area contributed by atoms with Crippen molar-refractivity contribution in [1.82, 2.24) is 15.6 Å². The molecular weight excluding hydrogens is 300 g/mol. The van der Waals surface area contributed by atoms with Crippen molar-refractivity contribution >= 4 is 23.2 Å². The van der Waals surface area contributed by atoms with E-state index in [4.69, 9.17) is 5.73 Å². The number of amides is 2. The highest BCUT2D eigenvalue weighted by Crippen LogP contribution is 2.08. The molecule has 22 heavy (non-hydrogen) atoms. The minimum absolute atomic E-state index is 0.106. The quantitative estimate of drug-likeness (QED) is 0.710. The highest BCUT2D eigenvalue weighted by atomic mass is 32.1. The standard InChI is InChI=1S/C15H18N4O2S/c16-8-14-19-12(10-22-14)15(21)17-7-6-13(20)18-9-11-4-2-1-3-5-11/h1-5,10H,6-9,16H2,(H,17,21)(H,18,20). The summed E-state index contributed by atoms with van der Waals surface area (Å²) in [7, 11) is 0. The number of aromatic nitrogens is 1. The van der Waals surface area contributed by atoms with Crippen LogP contribution >= 0.6 is 11.3 Å². The molecule has 0 saturated carbocycles. The van der Waals surface area contributed by atoms with Gasteiger partial charge in [0.1, 0.15) is 10.7 Å². The monoisotopic (exact) mass is 318 g/mol. The van der Waals surface area contributed by atoms with E-state index in [-0.39, 0.29) is 24.8 Å². The van der Waals surface area contributed by atoms with Crippen molar-refractivity contribution in [3.05, 3.63) is 52.0 Å². The first-order valence-electron chi connectivity index (χ1n) is 6.92. The maximum absolute atomic E-state index is 11.8. The van der Waals surface area contributed by atoms with Crippen molar-refractivity contribution in [2.24, 2.45) is 5.73 Å². The Labute approximate surface area is 132 Å². The first-order chi connectivity index (χ1) is 10.7. The molecule has 0 aliphatic carbocycles. The lowest BCUT2D eigenvalue weighted by molar-refractivity contribution is -0.121. The molecule has 0 unspecified atom stereocenters. The molecule has 0 atom stereocenters. The highest BCUT2D eigenvalue weighted by Gasteiger charge is 2.10. The fraction of sp³-hybridized carbons (Fsp3) is 0.267. The third kappa shape index (κ3) is 4.94. The second-order valence-electron chi connectivity index (χ2n) is 4.60. The van der Waals surface area contributed by atoms with Gasteiger partial charge in [-0.2, -0.15) is 0 Å². The Hall–Kier alpha value is -2.25. The Morgan fingerprint density at radius 3 is 2.64 bits per heavy atom. The van der Waals surface area contributed by atoms with Gasteiger partial charge in [-0.05, 0) is 5.56 Å². The van der Waals surface area contributed by atoms with Gasteiger partial charge in [0.05, 0.1) is 0 Å². The smallest absolute Gasteiger partial charge is 0.270 e. The molecule has 2 rings (SSSR count). The summed E-state index contributed by atoms with van der Waals surface area (Å²) in [5.41, 5.74) is 6.83. The lowest BCUT2D eigenvalue weighted by atomic mass is 10.2. The maximum Gasteiger partial charge on any atom is 0.270 e. The molecule has 2 aromatic rings. The SMILES string of the molecule is NCc1nc(C(=O)NCCC(=O)NCc2ccccc2)cs1. The highest BCUT2D eigenvalue weighted by molar-refractivity contribution is 7.09. The van der Waals surface area contributed by atoms with E-state index in [9.17, 15) is 9.59 Å². The zero-order valence-electron chi connectivity index (χ0n) is 12.0. The number of thiazole rings is 1. The van der Waals surface area contributed by atoms with E-state index >= 15 is 0 Å². The van der Waals surface area contributed by atoms with Gasteiger partial charge in [-0.3, -0.25) is 9.59 Å². The third-order valence-corrected chi connectivity index (χ3v) is 3.80. The molecule has 0 fully saturated rings. The molecule has 1 heterocycles. The van der Waals surface area contributed by atoms with Crippen LogP contribution in [0.15, 0.2) is 35.7 Å². The van der Waals surface area contributed by atoms with Gasteiger partial charge in [0, 0.05) is 31.4 Å². The van der Waals surface area contributed by atoms with Crippen LogP contribution in [0.5, 0.6) is 0 Å². The van der Waals surface area contributed by atoms with Crippen molar-refractivity contribution in [2.45, 2.75) is 19.5 Å². The topological polar surface area (TPSA) is 97.1 Å². The Morgan fingerprint density at radius 2 is 1.95 bits per heavy atom. The average Bonchev–Trinajstić information content (AvgIpc) is 3.03. The Bertz CT molecular complexity index is 627. The van der Waals surface area contributed by atoms with Gasteiger partial charge >= 0.3 is 0 Å². The summed E-state index contributed by atoms with van der Waals surface area (Å²) >= 11 is 1.35. The van der Waals surface area contributed by atoms with Crippen LogP contribution in [0.3, 0.4) is 0 Å². The number of nitrogens with one attached hydrogen (secondary N) is 2. The molecule has 2 amide bonds. The number of hydrogen-bond donors (Lipinski definition) is 3. The summed E-state index contributed by atoms with van der Waals surface area (Å²) in [5, 5.41) is 7.85. The number of nitrogens with zero attached hydrogens (tertiary/aromatic N) is 1. The summed E-state index contributed by atoms with van der Waals surface area (Å²) in [6, 6.07) is 9.66. The van der Waals surface area contributed by atoms with Gasteiger partial charge in [-0.15, -0.1) is 11.3 Å². The fourth-order valence-electron chi connectivity index (χ4n) is 1.77. The molecule has 0 spiro atoms. The number of carbonyl (C=O) groups is 2. The van der Waals surface area contributed by atoms with E-state index in [1.54, 1.807) is 5.38 Å². The molecular formula is C15H18N4O2S. The minimum Gasteiger partial charge on any atom is -0.352 e. The summed E-state index contributed by atoms with van der Waals surface area (Å²) in [4.78, 5) is 27.6. The molecule has 7 heteroatoms. The number of carbonyl (C=O) groups excluding carboxylic acids is 2. The van der Waals surface area contributed by atoms with E-state index in [1.165, 1.54) is 11.3 Å². The third-order valence-electron chi connectivity index (χ3n) is 2.93. The molecule has 0 bridgehead atoms. The lowest BCUT2D eigenvalue weighted by Gasteiger charge is -2.06. The van der Waals surface area contributed by atoms with Crippen LogP contribution in [0, 0.1) is 0 Å². The van der Waals surface area contributed by atoms with E-state index in [2.05, 4.69) is 15.6 Å². The largest absolute Gasteiger partial charge is 0.352 e. The van der Waals surface area contributed by atoms with Crippen LogP contribution in [-0.2, 0) is 17.9 Å². The van der Waals surface area contributed by atoms with Crippen molar-refractivity contribution < 1.29 is 9.59 Å². The van der Waals surface area contributed by atoms with Crippen molar-refractivity contribution in [1.29, 1.82) is 0 Å². The van der Waals surface area contributed by atoms with Gasteiger partial charge in [0.25, 0.3) is 5.91 Å². The van der Waals surface area contributed by atoms with E-state index in [0.29, 0.717) is 23.8 Å². The molecule has 0 aliphatic rings. The van der Waals surface area contributed by atoms with Gasteiger partial charge in [-0.25, -0.2) is 4.98 Å². The van der Waals surface area contributed by atoms with Crippen molar-refractivity contribution in [3.63, 3.8) is 0 Å². The average molecular weight is 318 g/mol. The van der Waals surface area contributed by atoms with Crippen molar-refractivity contribution in [3.8, 4) is 0 Å². The van der Waals surface area contributed by atoms with E-state index < -0.39 is 0 Å². The molecule has 0 saturated heterocycles.